The Morgan fingerprint density at radius 1 is 1.53 bits per heavy atom. The zero-order valence-electron chi connectivity index (χ0n) is 9.27. The molecule has 0 bridgehead atoms. The third kappa shape index (κ3) is 3.00. The Morgan fingerprint density at radius 2 is 2.24 bits per heavy atom. The Morgan fingerprint density at radius 3 is 2.82 bits per heavy atom. The first kappa shape index (κ1) is 12.0. The SMILES string of the molecule is O=C(O)N1CCC(Nc2cccnc2Cl)CC1. The van der Waals surface area contributed by atoms with Crippen LogP contribution in [0.25, 0.3) is 0 Å². The lowest BCUT2D eigenvalue weighted by Crippen LogP contribution is -2.41. The van der Waals surface area contributed by atoms with Crippen molar-refractivity contribution in [2.24, 2.45) is 0 Å². The predicted molar refractivity (Wildman–Crippen MR) is 65.5 cm³/mol. The Kier molecular flexibility index (Phi) is 3.68. The van der Waals surface area contributed by atoms with E-state index in [1.807, 2.05) is 12.1 Å². The monoisotopic (exact) mass is 255 g/mol. The molecule has 0 unspecified atom stereocenters. The number of nitrogens with one attached hydrogen (secondary N) is 1. The summed E-state index contributed by atoms with van der Waals surface area (Å²) in [6.07, 6.45) is 2.37. The van der Waals surface area contributed by atoms with Crippen LogP contribution in [-0.4, -0.2) is 40.2 Å². The molecule has 0 atom stereocenters. The van der Waals surface area contributed by atoms with Crippen molar-refractivity contribution in [1.29, 1.82) is 0 Å². The summed E-state index contributed by atoms with van der Waals surface area (Å²) in [6, 6.07) is 3.95. The molecule has 1 aromatic heterocycles. The number of hydrogen-bond donors (Lipinski definition) is 2. The second-order valence-corrected chi connectivity index (χ2v) is 4.39. The van der Waals surface area contributed by atoms with Gasteiger partial charge in [-0.3, -0.25) is 0 Å². The lowest BCUT2D eigenvalue weighted by atomic mass is 10.1. The first-order chi connectivity index (χ1) is 8.16. The smallest absolute Gasteiger partial charge is 0.407 e. The molecule has 1 aliphatic rings. The lowest BCUT2D eigenvalue weighted by Gasteiger charge is -2.31. The normalized spacial score (nSPS) is 16.9. The minimum absolute atomic E-state index is 0.257. The van der Waals surface area contributed by atoms with Crippen molar-refractivity contribution in [2.75, 3.05) is 18.4 Å². The Bertz CT molecular complexity index is 405. The van der Waals surface area contributed by atoms with Crippen LogP contribution in [0.4, 0.5) is 10.5 Å². The number of rotatable bonds is 2. The van der Waals surface area contributed by atoms with Crippen LogP contribution in [-0.2, 0) is 0 Å². The molecule has 5 nitrogen and oxygen atoms in total. The van der Waals surface area contributed by atoms with Gasteiger partial charge in [-0.15, -0.1) is 0 Å². The first-order valence-corrected chi connectivity index (χ1v) is 5.89. The zero-order valence-corrected chi connectivity index (χ0v) is 10.0. The highest BCUT2D eigenvalue weighted by Crippen LogP contribution is 2.21. The van der Waals surface area contributed by atoms with Gasteiger partial charge in [0.15, 0.2) is 5.15 Å². The number of piperidine rings is 1. The zero-order chi connectivity index (χ0) is 12.3. The molecule has 2 N–H and O–H groups in total. The van der Waals surface area contributed by atoms with Gasteiger partial charge < -0.3 is 15.3 Å². The van der Waals surface area contributed by atoms with Crippen molar-refractivity contribution in [3.8, 4) is 0 Å². The standard InChI is InChI=1S/C11H14ClN3O2/c12-10-9(2-1-5-13-10)14-8-3-6-15(7-4-8)11(16)17/h1-2,5,8,14H,3-4,6-7H2,(H,16,17). The van der Waals surface area contributed by atoms with Crippen LogP contribution < -0.4 is 5.32 Å². The summed E-state index contributed by atoms with van der Waals surface area (Å²) in [6.45, 7) is 1.12. The molecular weight excluding hydrogens is 242 g/mol. The molecule has 0 aromatic carbocycles. The van der Waals surface area contributed by atoms with Crippen LogP contribution in [0, 0.1) is 0 Å². The van der Waals surface area contributed by atoms with Gasteiger partial charge in [-0.2, -0.15) is 0 Å². The summed E-state index contributed by atoms with van der Waals surface area (Å²) in [4.78, 5) is 16.2. The minimum atomic E-state index is -0.845. The van der Waals surface area contributed by atoms with Crippen molar-refractivity contribution in [2.45, 2.75) is 18.9 Å². The molecule has 1 amide bonds. The van der Waals surface area contributed by atoms with Crippen LogP contribution in [0.5, 0.6) is 0 Å². The fourth-order valence-electron chi connectivity index (χ4n) is 1.93. The molecule has 1 saturated heterocycles. The largest absolute Gasteiger partial charge is 0.465 e. The van der Waals surface area contributed by atoms with E-state index in [0.29, 0.717) is 18.2 Å². The second kappa shape index (κ2) is 5.23. The molecule has 0 radical (unpaired) electrons. The number of hydrogen-bond acceptors (Lipinski definition) is 3. The number of anilines is 1. The highest BCUT2D eigenvalue weighted by atomic mass is 35.5. The van der Waals surface area contributed by atoms with E-state index in [4.69, 9.17) is 16.7 Å². The summed E-state index contributed by atoms with van der Waals surface area (Å²) < 4.78 is 0. The van der Waals surface area contributed by atoms with Gasteiger partial charge in [-0.05, 0) is 25.0 Å². The number of carboxylic acid groups (broad SMARTS) is 1. The van der Waals surface area contributed by atoms with E-state index in [1.54, 1.807) is 6.20 Å². The van der Waals surface area contributed by atoms with Crippen LogP contribution in [0.3, 0.4) is 0 Å². The van der Waals surface area contributed by atoms with Crippen molar-refractivity contribution in [1.82, 2.24) is 9.88 Å². The van der Waals surface area contributed by atoms with Crippen molar-refractivity contribution < 1.29 is 9.90 Å². The van der Waals surface area contributed by atoms with E-state index in [9.17, 15) is 4.79 Å². The highest BCUT2D eigenvalue weighted by molar-refractivity contribution is 6.31. The molecule has 1 fully saturated rings. The number of halogens is 1. The number of pyridine rings is 1. The van der Waals surface area contributed by atoms with Crippen LogP contribution >= 0.6 is 11.6 Å². The van der Waals surface area contributed by atoms with E-state index < -0.39 is 6.09 Å². The molecule has 0 saturated carbocycles. The first-order valence-electron chi connectivity index (χ1n) is 5.52. The molecular formula is C11H14ClN3O2. The number of likely N-dealkylation sites (tertiary alicyclic amines) is 1. The van der Waals surface area contributed by atoms with Gasteiger partial charge in [-0.1, -0.05) is 11.6 Å². The average molecular weight is 256 g/mol. The highest BCUT2D eigenvalue weighted by Gasteiger charge is 2.22. The van der Waals surface area contributed by atoms with Crippen LogP contribution in [0.2, 0.25) is 5.15 Å². The van der Waals surface area contributed by atoms with Gasteiger partial charge >= 0.3 is 6.09 Å². The van der Waals surface area contributed by atoms with Crippen molar-refractivity contribution in [3.05, 3.63) is 23.5 Å². The molecule has 1 aromatic rings. The summed E-state index contributed by atoms with van der Waals surface area (Å²) >= 11 is 5.94. The maximum absolute atomic E-state index is 10.7. The number of nitrogens with zero attached hydrogens (tertiary/aromatic N) is 2. The van der Waals surface area contributed by atoms with Crippen molar-refractivity contribution in [3.63, 3.8) is 0 Å². The third-order valence-corrected chi connectivity index (χ3v) is 3.19. The maximum Gasteiger partial charge on any atom is 0.407 e. The van der Waals surface area contributed by atoms with Gasteiger partial charge in [0, 0.05) is 25.3 Å². The summed E-state index contributed by atoms with van der Waals surface area (Å²) in [5, 5.41) is 12.6. The molecule has 0 aliphatic carbocycles. The van der Waals surface area contributed by atoms with Gasteiger partial charge in [0.1, 0.15) is 0 Å². The van der Waals surface area contributed by atoms with E-state index in [0.717, 1.165) is 18.5 Å². The molecule has 6 heteroatoms. The summed E-state index contributed by atoms with van der Waals surface area (Å²) in [5.41, 5.74) is 0.808. The van der Waals surface area contributed by atoms with Crippen LogP contribution in [0.15, 0.2) is 18.3 Å². The molecule has 0 spiro atoms. The summed E-state index contributed by atoms with van der Waals surface area (Å²) in [5.74, 6) is 0. The quantitative estimate of drug-likeness (QED) is 0.796. The molecule has 17 heavy (non-hydrogen) atoms. The number of amides is 1. The van der Waals surface area contributed by atoms with Crippen molar-refractivity contribution >= 4 is 23.4 Å². The maximum atomic E-state index is 10.7. The van der Waals surface area contributed by atoms with E-state index in [1.165, 1.54) is 4.90 Å². The Balaban J connectivity index is 1.90. The van der Waals surface area contributed by atoms with Gasteiger partial charge in [0.2, 0.25) is 0 Å². The number of carbonyl (C=O) groups is 1. The van der Waals surface area contributed by atoms with E-state index in [-0.39, 0.29) is 6.04 Å². The Hall–Kier alpha value is -1.49. The fraction of sp³-hybridized carbons (Fsp3) is 0.455. The summed E-state index contributed by atoms with van der Waals surface area (Å²) in [7, 11) is 0. The van der Waals surface area contributed by atoms with Gasteiger partial charge in [0.05, 0.1) is 5.69 Å². The van der Waals surface area contributed by atoms with Gasteiger partial charge in [-0.25, -0.2) is 9.78 Å². The molecule has 2 heterocycles. The minimum Gasteiger partial charge on any atom is -0.465 e. The average Bonchev–Trinajstić information content (AvgIpc) is 2.33. The van der Waals surface area contributed by atoms with E-state index in [2.05, 4.69) is 10.3 Å². The number of aromatic nitrogens is 1. The fourth-order valence-corrected chi connectivity index (χ4v) is 2.10. The Labute approximate surface area is 104 Å². The molecule has 2 rings (SSSR count). The second-order valence-electron chi connectivity index (χ2n) is 4.03. The van der Waals surface area contributed by atoms with Gasteiger partial charge in [0.25, 0.3) is 0 Å². The lowest BCUT2D eigenvalue weighted by molar-refractivity contribution is 0.134. The molecule has 1 aliphatic heterocycles. The van der Waals surface area contributed by atoms with Crippen LogP contribution in [0.1, 0.15) is 12.8 Å². The van der Waals surface area contributed by atoms with E-state index >= 15 is 0 Å². The molecule has 92 valence electrons. The third-order valence-electron chi connectivity index (χ3n) is 2.88. The topological polar surface area (TPSA) is 65.5 Å². The predicted octanol–water partition coefficient (Wildman–Crippen LogP) is 2.29.